The molecule has 2 atom stereocenters. The van der Waals surface area contributed by atoms with Gasteiger partial charge in [0.15, 0.2) is 0 Å². The number of nitrogens with zero attached hydrogens (tertiary/aromatic N) is 3. The van der Waals surface area contributed by atoms with Crippen molar-refractivity contribution in [3.8, 4) is 11.8 Å². The predicted octanol–water partition coefficient (Wildman–Crippen LogP) is 0.934. The van der Waals surface area contributed by atoms with Crippen molar-refractivity contribution in [1.82, 2.24) is 9.80 Å². The minimum atomic E-state index is -0.239. The lowest BCUT2D eigenvalue weighted by atomic mass is 10.2. The number of rotatable bonds is 6. The van der Waals surface area contributed by atoms with Crippen LogP contribution >= 0.6 is 0 Å². The topological polar surface area (TPSA) is 59.7 Å². The Kier molecular flexibility index (Phi) is 5.57. The molecular formula is C16H23N3O2. The largest absolute Gasteiger partial charge is 0.492 e. The van der Waals surface area contributed by atoms with E-state index in [0.717, 1.165) is 25.3 Å². The van der Waals surface area contributed by atoms with Gasteiger partial charge in [0.1, 0.15) is 12.4 Å². The lowest BCUT2D eigenvalue weighted by Crippen LogP contribution is -2.39. The Morgan fingerprint density at radius 3 is 3.00 bits per heavy atom. The number of β-amino-alcohol motifs (C(OH)–C–C–N with tert-alkyl or cyclic N) is 1. The molecule has 1 saturated heterocycles. The zero-order valence-electron chi connectivity index (χ0n) is 12.7. The highest BCUT2D eigenvalue weighted by molar-refractivity contribution is 5.36. The van der Waals surface area contributed by atoms with Crippen molar-refractivity contribution in [3.63, 3.8) is 0 Å². The summed E-state index contributed by atoms with van der Waals surface area (Å²) in [5.74, 6) is 0.720. The van der Waals surface area contributed by atoms with E-state index in [2.05, 4.69) is 15.9 Å². The number of aliphatic hydroxyl groups is 1. The molecule has 1 aliphatic rings. The summed E-state index contributed by atoms with van der Waals surface area (Å²) in [6.07, 6.45) is 0.583. The first-order valence-electron chi connectivity index (χ1n) is 7.28. The first-order valence-corrected chi connectivity index (χ1v) is 7.28. The SMILES string of the molecule is CN(C)CC1CC(O)CN1CCOc1cccc(C#N)c1. The van der Waals surface area contributed by atoms with Crippen LogP contribution in [0.2, 0.25) is 0 Å². The summed E-state index contributed by atoms with van der Waals surface area (Å²) in [7, 11) is 4.10. The predicted molar refractivity (Wildman–Crippen MR) is 81.2 cm³/mol. The van der Waals surface area contributed by atoms with Crippen LogP contribution in [0, 0.1) is 11.3 Å². The number of hydrogen-bond acceptors (Lipinski definition) is 5. The Morgan fingerprint density at radius 1 is 1.48 bits per heavy atom. The van der Waals surface area contributed by atoms with E-state index < -0.39 is 0 Å². The molecule has 1 aromatic rings. The van der Waals surface area contributed by atoms with Crippen molar-refractivity contribution in [2.24, 2.45) is 0 Å². The highest BCUT2D eigenvalue weighted by atomic mass is 16.5. The Hall–Kier alpha value is -1.61. The molecule has 1 aliphatic heterocycles. The maximum atomic E-state index is 9.83. The van der Waals surface area contributed by atoms with Gasteiger partial charge in [-0.25, -0.2) is 0 Å². The van der Waals surface area contributed by atoms with Crippen LogP contribution in [0.25, 0.3) is 0 Å². The van der Waals surface area contributed by atoms with E-state index in [9.17, 15) is 5.11 Å². The summed E-state index contributed by atoms with van der Waals surface area (Å²) >= 11 is 0. The van der Waals surface area contributed by atoms with Gasteiger partial charge in [0.25, 0.3) is 0 Å². The van der Waals surface area contributed by atoms with Crippen molar-refractivity contribution >= 4 is 0 Å². The number of ether oxygens (including phenoxy) is 1. The van der Waals surface area contributed by atoms with Crippen LogP contribution in [-0.4, -0.2) is 67.4 Å². The zero-order valence-corrected chi connectivity index (χ0v) is 12.7. The minimum absolute atomic E-state index is 0.239. The fraction of sp³-hybridized carbons (Fsp3) is 0.562. The second-order valence-electron chi connectivity index (χ2n) is 5.79. The van der Waals surface area contributed by atoms with Crippen molar-refractivity contribution in [1.29, 1.82) is 5.26 Å². The highest BCUT2D eigenvalue weighted by Gasteiger charge is 2.30. The van der Waals surface area contributed by atoms with Gasteiger partial charge in [-0.3, -0.25) is 4.90 Å². The molecule has 2 rings (SSSR count). The van der Waals surface area contributed by atoms with Crippen LogP contribution in [0.5, 0.6) is 5.75 Å². The molecule has 5 nitrogen and oxygen atoms in total. The van der Waals surface area contributed by atoms with Crippen LogP contribution in [0.1, 0.15) is 12.0 Å². The summed E-state index contributed by atoms with van der Waals surface area (Å²) in [4.78, 5) is 4.42. The average Bonchev–Trinajstić information content (AvgIpc) is 2.78. The molecule has 5 heteroatoms. The standard InChI is InChI=1S/C16H23N3O2/c1-18(2)11-14-9-15(20)12-19(14)6-7-21-16-5-3-4-13(8-16)10-17/h3-5,8,14-15,20H,6-7,9,11-12H2,1-2H3. The summed E-state index contributed by atoms with van der Waals surface area (Å²) in [6, 6.07) is 9.67. The number of likely N-dealkylation sites (N-methyl/N-ethyl adjacent to an activating group) is 1. The second-order valence-corrected chi connectivity index (χ2v) is 5.79. The molecule has 2 unspecified atom stereocenters. The lowest BCUT2D eigenvalue weighted by molar-refractivity contribution is 0.155. The molecule has 0 bridgehead atoms. The molecule has 0 amide bonds. The molecule has 1 aromatic carbocycles. The van der Waals surface area contributed by atoms with Gasteiger partial charge in [0, 0.05) is 25.7 Å². The van der Waals surface area contributed by atoms with E-state index >= 15 is 0 Å². The Bertz CT molecular complexity index is 499. The van der Waals surface area contributed by atoms with Gasteiger partial charge >= 0.3 is 0 Å². The maximum Gasteiger partial charge on any atom is 0.120 e. The van der Waals surface area contributed by atoms with Crippen LogP contribution < -0.4 is 4.74 Å². The van der Waals surface area contributed by atoms with Crippen LogP contribution in [0.15, 0.2) is 24.3 Å². The molecule has 0 aliphatic carbocycles. The third-order valence-electron chi connectivity index (χ3n) is 3.69. The van der Waals surface area contributed by atoms with Crippen molar-refractivity contribution in [2.45, 2.75) is 18.6 Å². The third-order valence-corrected chi connectivity index (χ3v) is 3.69. The number of nitriles is 1. The molecular weight excluding hydrogens is 266 g/mol. The summed E-state index contributed by atoms with van der Waals surface area (Å²) in [5, 5.41) is 18.7. The molecule has 0 radical (unpaired) electrons. The molecule has 1 fully saturated rings. The third kappa shape index (κ3) is 4.71. The van der Waals surface area contributed by atoms with Gasteiger partial charge in [-0.1, -0.05) is 6.07 Å². The molecule has 1 heterocycles. The second kappa shape index (κ2) is 7.41. The summed E-state index contributed by atoms with van der Waals surface area (Å²) < 4.78 is 5.71. The molecule has 0 saturated carbocycles. The van der Waals surface area contributed by atoms with E-state index in [1.165, 1.54) is 0 Å². The van der Waals surface area contributed by atoms with E-state index in [0.29, 0.717) is 24.8 Å². The number of likely N-dealkylation sites (tertiary alicyclic amines) is 1. The fourth-order valence-electron chi connectivity index (χ4n) is 2.78. The van der Waals surface area contributed by atoms with Gasteiger partial charge in [0.2, 0.25) is 0 Å². The van der Waals surface area contributed by atoms with Gasteiger partial charge in [0.05, 0.1) is 17.7 Å². The Balaban J connectivity index is 1.83. The van der Waals surface area contributed by atoms with E-state index in [-0.39, 0.29) is 6.10 Å². The van der Waals surface area contributed by atoms with Crippen molar-refractivity contribution in [2.75, 3.05) is 40.3 Å². The van der Waals surface area contributed by atoms with Gasteiger partial charge < -0.3 is 14.7 Å². The molecule has 1 N–H and O–H groups in total. The van der Waals surface area contributed by atoms with Crippen molar-refractivity contribution < 1.29 is 9.84 Å². The number of aliphatic hydroxyl groups excluding tert-OH is 1. The zero-order chi connectivity index (χ0) is 15.2. The van der Waals surface area contributed by atoms with Crippen LogP contribution in [0.4, 0.5) is 0 Å². The number of hydrogen-bond donors (Lipinski definition) is 1. The summed E-state index contributed by atoms with van der Waals surface area (Å²) in [5.41, 5.74) is 0.606. The van der Waals surface area contributed by atoms with Crippen LogP contribution in [0.3, 0.4) is 0 Å². The minimum Gasteiger partial charge on any atom is -0.492 e. The first kappa shape index (κ1) is 15.8. The Morgan fingerprint density at radius 2 is 2.29 bits per heavy atom. The Labute approximate surface area is 126 Å². The van der Waals surface area contributed by atoms with E-state index in [1.807, 2.05) is 26.2 Å². The van der Waals surface area contributed by atoms with Gasteiger partial charge in [-0.2, -0.15) is 5.26 Å². The van der Waals surface area contributed by atoms with Gasteiger partial charge in [-0.05, 0) is 38.7 Å². The molecule has 21 heavy (non-hydrogen) atoms. The fourth-order valence-corrected chi connectivity index (χ4v) is 2.78. The first-order chi connectivity index (χ1) is 10.1. The summed E-state index contributed by atoms with van der Waals surface area (Å²) in [6.45, 7) is 3.00. The maximum absolute atomic E-state index is 9.83. The smallest absolute Gasteiger partial charge is 0.120 e. The normalized spacial score (nSPS) is 22.4. The van der Waals surface area contributed by atoms with E-state index in [1.54, 1.807) is 12.1 Å². The van der Waals surface area contributed by atoms with Crippen LogP contribution in [-0.2, 0) is 0 Å². The number of benzene rings is 1. The molecule has 0 aromatic heterocycles. The highest BCUT2D eigenvalue weighted by Crippen LogP contribution is 2.18. The average molecular weight is 289 g/mol. The lowest BCUT2D eigenvalue weighted by Gasteiger charge is -2.26. The monoisotopic (exact) mass is 289 g/mol. The van der Waals surface area contributed by atoms with Gasteiger partial charge in [-0.15, -0.1) is 0 Å². The quantitative estimate of drug-likeness (QED) is 0.844. The van der Waals surface area contributed by atoms with E-state index in [4.69, 9.17) is 10.00 Å². The molecule has 114 valence electrons. The van der Waals surface area contributed by atoms with Crippen molar-refractivity contribution in [3.05, 3.63) is 29.8 Å². The molecule has 0 spiro atoms.